The second kappa shape index (κ2) is 8.79. The van der Waals surface area contributed by atoms with Crippen LogP contribution in [0.5, 0.6) is 0 Å². The highest BCUT2D eigenvalue weighted by atomic mass is 127. The molecule has 0 aromatic rings. The van der Waals surface area contributed by atoms with Crippen LogP contribution in [-0.4, -0.2) is 50.1 Å². The molecular formula is C14H27IN4. The summed E-state index contributed by atoms with van der Waals surface area (Å²) >= 11 is 0. The van der Waals surface area contributed by atoms with Gasteiger partial charge in [-0.25, -0.2) is 0 Å². The average Bonchev–Trinajstić information content (AvgIpc) is 3.25. The predicted octanol–water partition coefficient (Wildman–Crippen LogP) is 1.83. The Kier molecular flexibility index (Phi) is 7.75. The summed E-state index contributed by atoms with van der Waals surface area (Å²) < 4.78 is 0. The molecule has 0 radical (unpaired) electrons. The molecule has 2 aliphatic rings. The first-order chi connectivity index (χ1) is 8.83. The molecule has 5 heteroatoms. The smallest absolute Gasteiger partial charge is 0.191 e. The minimum atomic E-state index is 0. The summed E-state index contributed by atoms with van der Waals surface area (Å²) in [5, 5.41) is 6.55. The van der Waals surface area contributed by atoms with Crippen molar-refractivity contribution >= 4 is 29.9 Å². The van der Waals surface area contributed by atoms with E-state index in [0.717, 1.165) is 37.6 Å². The third kappa shape index (κ3) is 6.61. The summed E-state index contributed by atoms with van der Waals surface area (Å²) in [7, 11) is 1.81. The van der Waals surface area contributed by atoms with Crippen LogP contribution in [0.4, 0.5) is 0 Å². The monoisotopic (exact) mass is 378 g/mol. The van der Waals surface area contributed by atoms with Crippen molar-refractivity contribution in [3.8, 4) is 0 Å². The lowest BCUT2D eigenvalue weighted by atomic mass is 10.3. The quantitative estimate of drug-likeness (QED) is 0.293. The number of rotatable bonds is 8. The van der Waals surface area contributed by atoms with Crippen molar-refractivity contribution in [2.75, 3.05) is 33.2 Å². The van der Waals surface area contributed by atoms with Crippen molar-refractivity contribution in [2.45, 2.75) is 31.7 Å². The standard InChI is InChI=1S/C14H26N4.HI/c1-3-8-16-14(15-2)17-9-10-18(13-6-7-13)11-12-4-5-12;/h3,12-13H,1,4-11H2,2H3,(H2,15,16,17);1H. The molecule has 19 heavy (non-hydrogen) atoms. The molecule has 0 bridgehead atoms. The Morgan fingerprint density at radius 3 is 2.58 bits per heavy atom. The summed E-state index contributed by atoms with van der Waals surface area (Å²) in [6.07, 6.45) is 7.53. The Balaban J connectivity index is 0.00000180. The van der Waals surface area contributed by atoms with Gasteiger partial charge in [-0.2, -0.15) is 0 Å². The number of aliphatic imine (C=N–C) groups is 1. The number of nitrogens with one attached hydrogen (secondary N) is 2. The fourth-order valence-electron chi connectivity index (χ4n) is 2.20. The zero-order valence-corrected chi connectivity index (χ0v) is 14.2. The lowest BCUT2D eigenvalue weighted by Crippen LogP contribution is -2.42. The third-order valence-corrected chi connectivity index (χ3v) is 3.58. The highest BCUT2D eigenvalue weighted by Crippen LogP contribution is 2.34. The van der Waals surface area contributed by atoms with Gasteiger partial charge in [-0.3, -0.25) is 9.89 Å². The Bertz CT molecular complexity index is 298. The van der Waals surface area contributed by atoms with Gasteiger partial charge >= 0.3 is 0 Å². The second-order valence-electron chi connectivity index (χ2n) is 5.34. The van der Waals surface area contributed by atoms with E-state index < -0.39 is 0 Å². The Labute approximate surface area is 134 Å². The molecule has 2 rings (SSSR count). The molecule has 2 aliphatic carbocycles. The lowest BCUT2D eigenvalue weighted by Gasteiger charge is -2.22. The summed E-state index contributed by atoms with van der Waals surface area (Å²) in [4.78, 5) is 6.84. The summed E-state index contributed by atoms with van der Waals surface area (Å²) in [5.41, 5.74) is 0. The predicted molar refractivity (Wildman–Crippen MR) is 92.3 cm³/mol. The molecule has 2 saturated carbocycles. The summed E-state index contributed by atoms with van der Waals surface area (Å²) in [6, 6.07) is 0.871. The Morgan fingerprint density at radius 2 is 2.05 bits per heavy atom. The SMILES string of the molecule is C=CCNC(=NC)NCCN(CC1CC1)C1CC1.I. The fraction of sp³-hybridized carbons (Fsp3) is 0.786. The maximum absolute atomic E-state index is 4.18. The largest absolute Gasteiger partial charge is 0.355 e. The molecular weight excluding hydrogens is 351 g/mol. The Hall–Kier alpha value is -0.300. The van der Waals surface area contributed by atoms with Crippen molar-refractivity contribution in [1.82, 2.24) is 15.5 Å². The van der Waals surface area contributed by atoms with E-state index in [9.17, 15) is 0 Å². The van der Waals surface area contributed by atoms with Crippen LogP contribution in [0.2, 0.25) is 0 Å². The molecule has 0 aromatic carbocycles. The van der Waals surface area contributed by atoms with Gasteiger partial charge in [-0.15, -0.1) is 30.6 Å². The van der Waals surface area contributed by atoms with Crippen molar-refractivity contribution in [1.29, 1.82) is 0 Å². The molecule has 0 aromatic heterocycles. The van der Waals surface area contributed by atoms with E-state index in [1.54, 1.807) is 7.05 Å². The molecule has 0 saturated heterocycles. The minimum absolute atomic E-state index is 0. The maximum atomic E-state index is 4.18. The second-order valence-corrected chi connectivity index (χ2v) is 5.34. The molecule has 0 aliphatic heterocycles. The molecule has 110 valence electrons. The van der Waals surface area contributed by atoms with Gasteiger partial charge in [-0.1, -0.05) is 6.08 Å². The van der Waals surface area contributed by atoms with E-state index in [2.05, 4.69) is 27.1 Å². The van der Waals surface area contributed by atoms with Crippen LogP contribution in [0.25, 0.3) is 0 Å². The van der Waals surface area contributed by atoms with Gasteiger partial charge in [0, 0.05) is 39.3 Å². The number of hydrogen-bond donors (Lipinski definition) is 2. The molecule has 2 fully saturated rings. The van der Waals surface area contributed by atoms with Crippen molar-refractivity contribution in [2.24, 2.45) is 10.9 Å². The van der Waals surface area contributed by atoms with Gasteiger partial charge in [0.2, 0.25) is 0 Å². The van der Waals surface area contributed by atoms with Gasteiger partial charge < -0.3 is 10.6 Å². The van der Waals surface area contributed by atoms with Crippen LogP contribution in [0.3, 0.4) is 0 Å². The van der Waals surface area contributed by atoms with Crippen LogP contribution >= 0.6 is 24.0 Å². The van der Waals surface area contributed by atoms with Crippen LogP contribution in [0.15, 0.2) is 17.6 Å². The zero-order valence-electron chi connectivity index (χ0n) is 11.9. The van der Waals surface area contributed by atoms with Gasteiger partial charge in [0.15, 0.2) is 5.96 Å². The number of guanidine groups is 1. The normalized spacial score (nSPS) is 18.9. The van der Waals surface area contributed by atoms with Crippen molar-refractivity contribution in [3.05, 3.63) is 12.7 Å². The topological polar surface area (TPSA) is 39.7 Å². The van der Waals surface area contributed by atoms with Gasteiger partial charge in [0.25, 0.3) is 0 Å². The average molecular weight is 378 g/mol. The van der Waals surface area contributed by atoms with Crippen molar-refractivity contribution in [3.63, 3.8) is 0 Å². The van der Waals surface area contributed by atoms with E-state index >= 15 is 0 Å². The maximum Gasteiger partial charge on any atom is 0.191 e. The Morgan fingerprint density at radius 1 is 1.32 bits per heavy atom. The highest BCUT2D eigenvalue weighted by Gasteiger charge is 2.33. The van der Waals surface area contributed by atoms with Crippen LogP contribution in [-0.2, 0) is 0 Å². The van der Waals surface area contributed by atoms with E-state index in [1.807, 2.05) is 6.08 Å². The third-order valence-electron chi connectivity index (χ3n) is 3.58. The molecule has 4 nitrogen and oxygen atoms in total. The molecule has 0 spiro atoms. The molecule has 0 amide bonds. The van der Waals surface area contributed by atoms with Gasteiger partial charge in [0.05, 0.1) is 0 Å². The molecule has 0 unspecified atom stereocenters. The van der Waals surface area contributed by atoms with Crippen LogP contribution < -0.4 is 10.6 Å². The molecule has 0 atom stereocenters. The molecule has 0 heterocycles. The fourth-order valence-corrected chi connectivity index (χ4v) is 2.20. The first kappa shape index (κ1) is 16.8. The van der Waals surface area contributed by atoms with Crippen LogP contribution in [0, 0.1) is 5.92 Å². The van der Waals surface area contributed by atoms with E-state index in [0.29, 0.717) is 0 Å². The highest BCUT2D eigenvalue weighted by molar-refractivity contribution is 14.0. The first-order valence-electron chi connectivity index (χ1n) is 7.13. The minimum Gasteiger partial charge on any atom is -0.355 e. The number of hydrogen-bond acceptors (Lipinski definition) is 2. The first-order valence-corrected chi connectivity index (χ1v) is 7.13. The van der Waals surface area contributed by atoms with Crippen molar-refractivity contribution < 1.29 is 0 Å². The number of nitrogens with zero attached hydrogens (tertiary/aromatic N) is 2. The van der Waals surface area contributed by atoms with Gasteiger partial charge in [0.1, 0.15) is 0 Å². The lowest BCUT2D eigenvalue weighted by molar-refractivity contribution is 0.256. The van der Waals surface area contributed by atoms with E-state index in [1.165, 1.54) is 32.2 Å². The zero-order chi connectivity index (χ0) is 12.8. The number of halogens is 1. The van der Waals surface area contributed by atoms with E-state index in [4.69, 9.17) is 0 Å². The summed E-state index contributed by atoms with van der Waals surface area (Å²) in [5.74, 6) is 1.86. The summed E-state index contributed by atoms with van der Waals surface area (Å²) in [6.45, 7) is 7.87. The van der Waals surface area contributed by atoms with Crippen LogP contribution in [0.1, 0.15) is 25.7 Å². The van der Waals surface area contributed by atoms with E-state index in [-0.39, 0.29) is 24.0 Å². The molecule has 2 N–H and O–H groups in total. The van der Waals surface area contributed by atoms with Gasteiger partial charge in [-0.05, 0) is 31.6 Å².